The first kappa shape index (κ1) is 43.0. The van der Waals surface area contributed by atoms with E-state index in [2.05, 4.69) is 64.8 Å². The lowest BCUT2D eigenvalue weighted by Gasteiger charge is -2.35. The fourth-order valence-corrected chi connectivity index (χ4v) is 14.5. The molecule has 5 rings (SSSR count). The number of allylic oxidation sites excluding steroid dienone is 2. The van der Waals surface area contributed by atoms with E-state index < -0.39 is 41.7 Å². The van der Waals surface area contributed by atoms with E-state index in [1.807, 2.05) is 36.4 Å². The summed E-state index contributed by atoms with van der Waals surface area (Å²) in [5, 5.41) is 0. The van der Waals surface area contributed by atoms with Gasteiger partial charge in [-0.05, 0) is 96.3 Å². The number of hydrogen-bond donors (Lipinski definition) is 2. The zero-order chi connectivity index (χ0) is 39.7. The first-order valence-electron chi connectivity index (χ1n) is 20.9. The third kappa shape index (κ3) is 8.02. The zero-order valence-corrected chi connectivity index (χ0v) is 36.0. The molecule has 0 radical (unpaired) electrons. The lowest BCUT2D eigenvalue weighted by molar-refractivity contribution is -0.125. The van der Waals surface area contributed by atoms with Gasteiger partial charge in [-0.15, -0.1) is 0 Å². The SMILES string of the molecule is CCCCC(CC)CNS(=O)(=O)CC12CCC(/C(=C/c3ccc(/C=C4/C(=O)C5(CS(=O)(=O)NCC(CC)CCCC)CCC4C5(C)C)cc3)C1=O)C2(C)C. The Bertz CT molecular complexity index is 1690. The summed E-state index contributed by atoms with van der Waals surface area (Å²) in [5.74, 6) is 0.0918. The van der Waals surface area contributed by atoms with Crippen LogP contribution in [0.15, 0.2) is 35.4 Å². The third-order valence-corrected chi connectivity index (χ3v) is 17.8. The van der Waals surface area contributed by atoms with Crippen molar-refractivity contribution >= 4 is 43.8 Å². The van der Waals surface area contributed by atoms with Crippen molar-refractivity contribution in [2.45, 2.75) is 132 Å². The van der Waals surface area contributed by atoms with Gasteiger partial charge >= 0.3 is 0 Å². The average molecular weight is 785 g/mol. The molecule has 0 heterocycles. The van der Waals surface area contributed by atoms with Crippen LogP contribution in [-0.4, -0.2) is 53.0 Å². The van der Waals surface area contributed by atoms with E-state index in [-0.39, 0.29) is 34.9 Å². The number of unbranched alkanes of at least 4 members (excludes halogenated alkanes) is 2. The summed E-state index contributed by atoms with van der Waals surface area (Å²) in [6.07, 6.45) is 14.7. The van der Waals surface area contributed by atoms with Gasteiger partial charge in [-0.25, -0.2) is 26.3 Å². The van der Waals surface area contributed by atoms with Crippen molar-refractivity contribution in [1.29, 1.82) is 0 Å². The fraction of sp³-hybridized carbons (Fsp3) is 0.727. The molecule has 0 saturated heterocycles. The highest BCUT2D eigenvalue weighted by molar-refractivity contribution is 7.89. The van der Waals surface area contributed by atoms with Gasteiger partial charge < -0.3 is 0 Å². The van der Waals surface area contributed by atoms with Crippen LogP contribution in [0.2, 0.25) is 0 Å². The second kappa shape index (κ2) is 16.4. The first-order valence-corrected chi connectivity index (χ1v) is 24.2. The van der Waals surface area contributed by atoms with Gasteiger partial charge in [0.2, 0.25) is 20.0 Å². The van der Waals surface area contributed by atoms with Crippen molar-refractivity contribution in [3.8, 4) is 0 Å². The van der Waals surface area contributed by atoms with Crippen LogP contribution >= 0.6 is 0 Å². The molecule has 6 unspecified atom stereocenters. The van der Waals surface area contributed by atoms with Crippen LogP contribution in [0, 0.1) is 45.3 Å². The van der Waals surface area contributed by atoms with Crippen molar-refractivity contribution in [3.63, 3.8) is 0 Å². The van der Waals surface area contributed by atoms with Gasteiger partial charge in [0.1, 0.15) is 0 Å². The Labute approximate surface area is 327 Å². The Hall–Kier alpha value is -2.14. The second-order valence-corrected chi connectivity index (χ2v) is 22.0. The molecule has 0 spiro atoms. The van der Waals surface area contributed by atoms with Crippen LogP contribution in [-0.2, 0) is 29.6 Å². The molecule has 4 fully saturated rings. The Morgan fingerprint density at radius 1 is 0.648 bits per heavy atom. The maximum atomic E-state index is 14.2. The number of carbonyl (C=O) groups is 2. The summed E-state index contributed by atoms with van der Waals surface area (Å²) < 4.78 is 59.7. The maximum Gasteiger partial charge on any atom is 0.212 e. The lowest BCUT2D eigenvalue weighted by Crippen LogP contribution is -2.46. The molecule has 4 bridgehead atoms. The molecular weight excluding hydrogens is 717 g/mol. The molecule has 2 N–H and O–H groups in total. The normalized spacial score (nSPS) is 29.9. The average Bonchev–Trinajstić information content (AvgIpc) is 3.62. The molecule has 0 aliphatic heterocycles. The number of nitrogens with one attached hydrogen (secondary N) is 2. The summed E-state index contributed by atoms with van der Waals surface area (Å²) in [5.41, 5.74) is 0.262. The Balaban J connectivity index is 1.31. The highest BCUT2D eigenvalue weighted by Crippen LogP contribution is 2.67. The molecular formula is C44H68N2O6S2. The zero-order valence-electron chi connectivity index (χ0n) is 34.4. The van der Waals surface area contributed by atoms with Crippen molar-refractivity contribution in [1.82, 2.24) is 9.44 Å². The minimum absolute atomic E-state index is 0.0185. The van der Waals surface area contributed by atoms with Crippen molar-refractivity contribution < 1.29 is 26.4 Å². The molecule has 1 aromatic carbocycles. The second-order valence-electron chi connectivity index (χ2n) is 18.4. The molecule has 54 heavy (non-hydrogen) atoms. The minimum atomic E-state index is -3.67. The van der Waals surface area contributed by atoms with E-state index >= 15 is 0 Å². The van der Waals surface area contributed by atoms with Gasteiger partial charge in [-0.3, -0.25) is 9.59 Å². The number of hydrogen-bond acceptors (Lipinski definition) is 6. The molecule has 6 atom stereocenters. The Morgan fingerprint density at radius 3 is 1.31 bits per heavy atom. The predicted octanol–water partition coefficient (Wildman–Crippen LogP) is 8.74. The standard InChI is InChI=1S/C44H68N2O6S2/c1-9-13-15-31(11-3)27-45-53(49,50)29-43-23-21-37(41(43,5)6)35(39(43)47)25-33-17-19-34(20-18-33)26-36-38-22-24-44(40(36)48,42(38,7)8)30-54(51,52)46-28-32(12-4)16-14-10-2/h17-20,25-26,31-32,37-38,45-46H,9-16,21-24,27-30H2,1-8H3/b35-25-,36-26+. The van der Waals surface area contributed by atoms with Gasteiger partial charge in [0.05, 0.1) is 22.3 Å². The number of sulfonamides is 2. The van der Waals surface area contributed by atoms with Gasteiger partial charge in [-0.2, -0.15) is 0 Å². The van der Waals surface area contributed by atoms with Gasteiger partial charge in [-0.1, -0.05) is 118 Å². The smallest absolute Gasteiger partial charge is 0.212 e. The van der Waals surface area contributed by atoms with Crippen LogP contribution in [0.3, 0.4) is 0 Å². The van der Waals surface area contributed by atoms with E-state index in [4.69, 9.17) is 0 Å². The van der Waals surface area contributed by atoms with Crippen molar-refractivity contribution in [3.05, 3.63) is 46.5 Å². The molecule has 0 amide bonds. The number of rotatable bonds is 20. The minimum Gasteiger partial charge on any atom is -0.294 e. The van der Waals surface area contributed by atoms with Crippen LogP contribution in [0.5, 0.6) is 0 Å². The molecule has 4 aliphatic rings. The van der Waals surface area contributed by atoms with Crippen LogP contribution in [0.4, 0.5) is 0 Å². The van der Waals surface area contributed by atoms with E-state index in [0.29, 0.717) is 48.9 Å². The fourth-order valence-electron chi connectivity index (χ4n) is 10.7. The topological polar surface area (TPSA) is 126 Å². The number of ketones is 2. The van der Waals surface area contributed by atoms with E-state index in [9.17, 15) is 26.4 Å². The van der Waals surface area contributed by atoms with Crippen molar-refractivity contribution in [2.24, 2.45) is 45.3 Å². The number of Topliss-reactive ketones (excluding diaryl/α,β-unsaturated/α-hetero) is 2. The monoisotopic (exact) mass is 784 g/mol. The lowest BCUT2D eigenvalue weighted by atomic mass is 9.70. The summed E-state index contributed by atoms with van der Waals surface area (Å²) in [6.45, 7) is 17.5. The summed E-state index contributed by atoms with van der Waals surface area (Å²) in [7, 11) is -7.34. The molecule has 1 aromatic rings. The molecule has 10 heteroatoms. The van der Waals surface area contributed by atoms with Crippen LogP contribution < -0.4 is 9.44 Å². The van der Waals surface area contributed by atoms with E-state index in [1.165, 1.54) is 0 Å². The maximum absolute atomic E-state index is 14.2. The van der Waals surface area contributed by atoms with Gasteiger partial charge in [0.15, 0.2) is 11.6 Å². The molecule has 4 aliphatic carbocycles. The molecule has 302 valence electrons. The highest BCUT2D eigenvalue weighted by atomic mass is 32.2. The summed E-state index contributed by atoms with van der Waals surface area (Å²) >= 11 is 0. The Kier molecular flexibility index (Phi) is 13.0. The quantitative estimate of drug-likeness (QED) is 0.127. The number of carbonyl (C=O) groups excluding carboxylic acids is 2. The number of benzene rings is 1. The number of fused-ring (bicyclic) bond motifs is 4. The van der Waals surface area contributed by atoms with Gasteiger partial charge in [0.25, 0.3) is 0 Å². The third-order valence-electron chi connectivity index (χ3n) is 14.8. The van der Waals surface area contributed by atoms with E-state index in [0.717, 1.165) is 75.3 Å². The van der Waals surface area contributed by atoms with Crippen LogP contribution in [0.1, 0.15) is 144 Å². The molecule has 8 nitrogen and oxygen atoms in total. The molecule has 4 saturated carbocycles. The van der Waals surface area contributed by atoms with Crippen molar-refractivity contribution in [2.75, 3.05) is 24.6 Å². The largest absolute Gasteiger partial charge is 0.294 e. The van der Waals surface area contributed by atoms with Crippen LogP contribution in [0.25, 0.3) is 12.2 Å². The molecule has 0 aromatic heterocycles. The van der Waals surface area contributed by atoms with Gasteiger partial charge in [0, 0.05) is 24.2 Å². The predicted molar refractivity (Wildman–Crippen MR) is 220 cm³/mol. The highest BCUT2D eigenvalue weighted by Gasteiger charge is 2.68. The van der Waals surface area contributed by atoms with E-state index in [1.54, 1.807) is 0 Å². The summed E-state index contributed by atoms with van der Waals surface area (Å²) in [4.78, 5) is 28.4. The first-order chi connectivity index (χ1) is 25.3. The Morgan fingerprint density at radius 2 is 1.00 bits per heavy atom. The summed E-state index contributed by atoms with van der Waals surface area (Å²) in [6, 6.07) is 7.81.